The van der Waals surface area contributed by atoms with Gasteiger partial charge in [-0.25, -0.2) is 4.98 Å². The third-order valence-electron chi connectivity index (χ3n) is 3.54. The first kappa shape index (κ1) is 14.4. The number of carbonyl (C=O) groups excluding carboxylic acids is 2. The van der Waals surface area contributed by atoms with E-state index < -0.39 is 0 Å². The van der Waals surface area contributed by atoms with Gasteiger partial charge in [-0.1, -0.05) is 0 Å². The Kier molecular flexibility index (Phi) is 4.65. The third-order valence-corrected chi connectivity index (χ3v) is 3.54. The fourth-order valence-corrected chi connectivity index (χ4v) is 2.51. The minimum absolute atomic E-state index is 0.107. The van der Waals surface area contributed by atoms with Crippen molar-refractivity contribution in [1.82, 2.24) is 20.2 Å². The van der Waals surface area contributed by atoms with Gasteiger partial charge in [0, 0.05) is 39.0 Å². The van der Waals surface area contributed by atoms with Crippen molar-refractivity contribution >= 4 is 11.8 Å². The quantitative estimate of drug-likeness (QED) is 0.875. The van der Waals surface area contributed by atoms with Crippen molar-refractivity contribution in [3.05, 3.63) is 23.8 Å². The van der Waals surface area contributed by atoms with Crippen LogP contribution in [0.4, 0.5) is 0 Å². The molecule has 1 atom stereocenters. The van der Waals surface area contributed by atoms with Crippen LogP contribution in [0.5, 0.6) is 0 Å². The SMILES string of the molecule is CCNC(=O)c1nccnc1C[C@H]1CCN(C(C)=O)C1. The zero-order chi connectivity index (χ0) is 14.5. The Labute approximate surface area is 118 Å². The van der Waals surface area contributed by atoms with Crippen LogP contribution >= 0.6 is 0 Å². The highest BCUT2D eigenvalue weighted by atomic mass is 16.2. The molecule has 0 aliphatic carbocycles. The highest BCUT2D eigenvalue weighted by molar-refractivity contribution is 5.93. The predicted molar refractivity (Wildman–Crippen MR) is 74.1 cm³/mol. The largest absolute Gasteiger partial charge is 0.351 e. The Morgan fingerprint density at radius 3 is 2.80 bits per heavy atom. The number of carbonyl (C=O) groups is 2. The maximum absolute atomic E-state index is 11.9. The molecule has 0 radical (unpaired) electrons. The molecule has 0 saturated carbocycles. The lowest BCUT2D eigenvalue weighted by atomic mass is 10.0. The van der Waals surface area contributed by atoms with Crippen molar-refractivity contribution in [2.24, 2.45) is 5.92 Å². The summed E-state index contributed by atoms with van der Waals surface area (Å²) in [5.41, 5.74) is 1.12. The number of likely N-dealkylation sites (tertiary alicyclic amines) is 1. The molecule has 1 N–H and O–H groups in total. The van der Waals surface area contributed by atoms with Crippen LogP contribution in [0.25, 0.3) is 0 Å². The van der Waals surface area contributed by atoms with Gasteiger partial charge < -0.3 is 10.2 Å². The topological polar surface area (TPSA) is 75.2 Å². The summed E-state index contributed by atoms with van der Waals surface area (Å²) in [6.07, 6.45) is 4.77. The van der Waals surface area contributed by atoms with E-state index in [-0.39, 0.29) is 11.8 Å². The molecule has 1 aromatic heterocycles. The standard InChI is InChI=1S/C14H20N4O2/c1-3-15-14(20)13-12(16-5-6-17-13)8-11-4-7-18(9-11)10(2)19/h5-6,11H,3-4,7-9H2,1-2H3,(H,15,20)/t11-/m1/s1. The van der Waals surface area contributed by atoms with E-state index in [0.29, 0.717) is 30.3 Å². The van der Waals surface area contributed by atoms with Crippen molar-refractivity contribution in [3.8, 4) is 0 Å². The van der Waals surface area contributed by atoms with Crippen LogP contribution in [-0.4, -0.2) is 46.3 Å². The van der Waals surface area contributed by atoms with Crippen LogP contribution in [0.1, 0.15) is 36.5 Å². The number of amides is 2. The van der Waals surface area contributed by atoms with Crippen LogP contribution in [0, 0.1) is 5.92 Å². The first-order valence-corrected chi connectivity index (χ1v) is 6.95. The van der Waals surface area contributed by atoms with E-state index in [1.54, 1.807) is 13.1 Å². The first-order valence-electron chi connectivity index (χ1n) is 6.95. The molecule has 2 amide bonds. The van der Waals surface area contributed by atoms with Gasteiger partial charge in [-0.15, -0.1) is 0 Å². The molecule has 6 heteroatoms. The monoisotopic (exact) mass is 276 g/mol. The number of rotatable bonds is 4. The van der Waals surface area contributed by atoms with Gasteiger partial charge in [0.25, 0.3) is 5.91 Å². The number of nitrogens with zero attached hydrogens (tertiary/aromatic N) is 3. The highest BCUT2D eigenvalue weighted by Crippen LogP contribution is 2.21. The van der Waals surface area contributed by atoms with Gasteiger partial charge in [0.15, 0.2) is 0 Å². The van der Waals surface area contributed by atoms with E-state index in [1.807, 2.05) is 11.8 Å². The van der Waals surface area contributed by atoms with Crippen LogP contribution in [0.2, 0.25) is 0 Å². The summed E-state index contributed by atoms with van der Waals surface area (Å²) >= 11 is 0. The molecule has 6 nitrogen and oxygen atoms in total. The molecular weight excluding hydrogens is 256 g/mol. The van der Waals surface area contributed by atoms with E-state index in [1.165, 1.54) is 6.20 Å². The molecule has 0 bridgehead atoms. The minimum Gasteiger partial charge on any atom is -0.351 e. The molecule has 1 aliphatic heterocycles. The second-order valence-corrected chi connectivity index (χ2v) is 5.03. The first-order chi connectivity index (χ1) is 9.61. The Bertz CT molecular complexity index is 504. The van der Waals surface area contributed by atoms with E-state index in [4.69, 9.17) is 0 Å². The van der Waals surface area contributed by atoms with Crippen molar-refractivity contribution in [1.29, 1.82) is 0 Å². The van der Waals surface area contributed by atoms with E-state index in [9.17, 15) is 9.59 Å². The van der Waals surface area contributed by atoms with E-state index >= 15 is 0 Å². The maximum atomic E-state index is 11.9. The Hall–Kier alpha value is -1.98. The zero-order valence-corrected chi connectivity index (χ0v) is 11.9. The van der Waals surface area contributed by atoms with Crippen LogP contribution in [0.3, 0.4) is 0 Å². The lowest BCUT2D eigenvalue weighted by molar-refractivity contribution is -0.127. The molecule has 1 aliphatic rings. The summed E-state index contributed by atoms with van der Waals surface area (Å²) in [5.74, 6) is 0.274. The molecule has 0 unspecified atom stereocenters. The fourth-order valence-electron chi connectivity index (χ4n) is 2.51. The molecule has 0 aromatic carbocycles. The fraction of sp³-hybridized carbons (Fsp3) is 0.571. The number of hydrogen-bond acceptors (Lipinski definition) is 4. The van der Waals surface area contributed by atoms with Gasteiger partial charge in [-0.2, -0.15) is 0 Å². The highest BCUT2D eigenvalue weighted by Gasteiger charge is 2.26. The molecule has 2 heterocycles. The average Bonchev–Trinajstić information content (AvgIpc) is 2.88. The van der Waals surface area contributed by atoms with Gasteiger partial charge in [0.05, 0.1) is 5.69 Å². The van der Waals surface area contributed by atoms with Crippen molar-refractivity contribution in [2.45, 2.75) is 26.7 Å². The van der Waals surface area contributed by atoms with Crippen LogP contribution < -0.4 is 5.32 Å². The summed E-state index contributed by atoms with van der Waals surface area (Å²) in [6.45, 7) is 5.55. The van der Waals surface area contributed by atoms with Gasteiger partial charge in [0.1, 0.15) is 5.69 Å². The number of aromatic nitrogens is 2. The van der Waals surface area contributed by atoms with Crippen molar-refractivity contribution in [3.63, 3.8) is 0 Å². The van der Waals surface area contributed by atoms with Gasteiger partial charge in [-0.3, -0.25) is 14.6 Å². The Balaban J connectivity index is 2.06. The molecule has 2 rings (SSSR count). The summed E-state index contributed by atoms with van der Waals surface area (Å²) in [7, 11) is 0. The molecule has 1 saturated heterocycles. The van der Waals surface area contributed by atoms with Crippen LogP contribution in [0.15, 0.2) is 12.4 Å². The summed E-state index contributed by atoms with van der Waals surface area (Å²) in [5, 5.41) is 2.75. The van der Waals surface area contributed by atoms with Crippen LogP contribution in [-0.2, 0) is 11.2 Å². The molecule has 1 aromatic rings. The van der Waals surface area contributed by atoms with Crippen molar-refractivity contribution in [2.75, 3.05) is 19.6 Å². The molecular formula is C14H20N4O2. The average molecular weight is 276 g/mol. The lowest BCUT2D eigenvalue weighted by Gasteiger charge is -2.14. The molecule has 0 spiro atoms. The molecule has 20 heavy (non-hydrogen) atoms. The van der Waals surface area contributed by atoms with Gasteiger partial charge >= 0.3 is 0 Å². The Morgan fingerprint density at radius 1 is 1.40 bits per heavy atom. The second kappa shape index (κ2) is 6.45. The smallest absolute Gasteiger partial charge is 0.271 e. The number of hydrogen-bond donors (Lipinski definition) is 1. The predicted octanol–water partition coefficient (Wildman–Crippen LogP) is 0.637. The normalized spacial score (nSPS) is 18.1. The van der Waals surface area contributed by atoms with E-state index in [0.717, 1.165) is 19.5 Å². The minimum atomic E-state index is -0.183. The Morgan fingerprint density at radius 2 is 2.15 bits per heavy atom. The molecule has 1 fully saturated rings. The second-order valence-electron chi connectivity index (χ2n) is 5.03. The summed E-state index contributed by atoms with van der Waals surface area (Å²) in [6, 6.07) is 0. The lowest BCUT2D eigenvalue weighted by Crippen LogP contribution is -2.27. The van der Waals surface area contributed by atoms with Gasteiger partial charge in [0.2, 0.25) is 5.91 Å². The van der Waals surface area contributed by atoms with E-state index in [2.05, 4.69) is 15.3 Å². The molecule has 108 valence electrons. The summed E-state index contributed by atoms with van der Waals surface area (Å²) < 4.78 is 0. The zero-order valence-electron chi connectivity index (χ0n) is 11.9. The number of nitrogens with one attached hydrogen (secondary N) is 1. The van der Waals surface area contributed by atoms with Gasteiger partial charge in [-0.05, 0) is 25.7 Å². The third kappa shape index (κ3) is 3.31. The maximum Gasteiger partial charge on any atom is 0.271 e. The van der Waals surface area contributed by atoms with Crippen molar-refractivity contribution < 1.29 is 9.59 Å². The summed E-state index contributed by atoms with van der Waals surface area (Å²) in [4.78, 5) is 33.5.